The van der Waals surface area contributed by atoms with Crippen LogP contribution in [0, 0.1) is 5.92 Å². The molecule has 3 rings (SSSR count). The molecule has 1 aliphatic rings. The molecular weight excluding hydrogens is 210 g/mol. The van der Waals surface area contributed by atoms with Crippen LogP contribution in [0.4, 0.5) is 5.69 Å². The first-order chi connectivity index (χ1) is 8.24. The van der Waals surface area contributed by atoms with E-state index < -0.39 is 0 Å². The van der Waals surface area contributed by atoms with Crippen molar-refractivity contribution in [1.82, 2.24) is 9.55 Å². The normalized spacial score (nSPS) is 19.0. The molecule has 3 heteroatoms. The van der Waals surface area contributed by atoms with Crippen molar-refractivity contribution in [2.45, 2.75) is 26.3 Å². The van der Waals surface area contributed by atoms with Gasteiger partial charge in [0, 0.05) is 29.7 Å². The first-order valence-corrected chi connectivity index (χ1v) is 6.14. The Balaban J connectivity index is 2.07. The molecule has 2 N–H and O–H groups in total. The fourth-order valence-corrected chi connectivity index (χ4v) is 2.52. The molecule has 0 saturated heterocycles. The molecule has 17 heavy (non-hydrogen) atoms. The van der Waals surface area contributed by atoms with Crippen molar-refractivity contribution < 1.29 is 0 Å². The molecule has 1 unspecified atom stereocenters. The SMILES string of the molecule is CC1CCc2cnc(-c3cccc(N)c3)n2C1. The Hall–Kier alpha value is -1.77. The maximum absolute atomic E-state index is 5.83. The van der Waals surface area contributed by atoms with E-state index in [4.69, 9.17) is 5.73 Å². The molecule has 0 amide bonds. The number of aryl methyl sites for hydroxylation is 1. The van der Waals surface area contributed by atoms with Crippen LogP contribution in [0.5, 0.6) is 0 Å². The van der Waals surface area contributed by atoms with Crippen molar-refractivity contribution in [1.29, 1.82) is 0 Å². The second-order valence-electron chi connectivity index (χ2n) is 4.95. The smallest absolute Gasteiger partial charge is 0.140 e. The van der Waals surface area contributed by atoms with Crippen molar-refractivity contribution in [2.24, 2.45) is 5.92 Å². The molecule has 0 bridgehead atoms. The molecule has 3 nitrogen and oxygen atoms in total. The molecule has 0 saturated carbocycles. The van der Waals surface area contributed by atoms with Crippen LogP contribution >= 0.6 is 0 Å². The predicted molar refractivity (Wildman–Crippen MR) is 69.6 cm³/mol. The molecule has 1 aromatic heterocycles. The van der Waals surface area contributed by atoms with E-state index in [0.29, 0.717) is 0 Å². The van der Waals surface area contributed by atoms with Crippen molar-refractivity contribution in [3.8, 4) is 11.4 Å². The minimum absolute atomic E-state index is 0.733. The highest BCUT2D eigenvalue weighted by atomic mass is 15.1. The van der Waals surface area contributed by atoms with Gasteiger partial charge in [0.25, 0.3) is 0 Å². The summed E-state index contributed by atoms with van der Waals surface area (Å²) < 4.78 is 2.34. The van der Waals surface area contributed by atoms with Gasteiger partial charge in [0.1, 0.15) is 5.82 Å². The summed E-state index contributed by atoms with van der Waals surface area (Å²) in [6, 6.07) is 7.96. The lowest BCUT2D eigenvalue weighted by Crippen LogP contribution is -2.18. The van der Waals surface area contributed by atoms with Gasteiger partial charge in [-0.05, 0) is 30.9 Å². The molecule has 1 aromatic carbocycles. The lowest BCUT2D eigenvalue weighted by molar-refractivity contribution is 0.402. The topological polar surface area (TPSA) is 43.8 Å². The van der Waals surface area contributed by atoms with Crippen LogP contribution in [0.15, 0.2) is 30.5 Å². The van der Waals surface area contributed by atoms with Crippen LogP contribution in [-0.2, 0) is 13.0 Å². The van der Waals surface area contributed by atoms with Gasteiger partial charge in [-0.25, -0.2) is 4.98 Å². The lowest BCUT2D eigenvalue weighted by atomic mass is 10.00. The number of nitrogens with two attached hydrogens (primary N) is 1. The van der Waals surface area contributed by atoms with Gasteiger partial charge in [-0.1, -0.05) is 19.1 Å². The standard InChI is InChI=1S/C14H17N3/c1-10-5-6-13-8-16-14(17(13)9-10)11-3-2-4-12(15)7-11/h2-4,7-8,10H,5-6,9,15H2,1H3. The highest BCUT2D eigenvalue weighted by molar-refractivity contribution is 5.62. The molecule has 0 radical (unpaired) electrons. The quantitative estimate of drug-likeness (QED) is 0.761. The van der Waals surface area contributed by atoms with E-state index in [-0.39, 0.29) is 0 Å². The number of nitrogen functional groups attached to an aromatic ring is 1. The van der Waals surface area contributed by atoms with E-state index in [1.54, 1.807) is 0 Å². The minimum Gasteiger partial charge on any atom is -0.399 e. The van der Waals surface area contributed by atoms with Gasteiger partial charge in [-0.15, -0.1) is 0 Å². The third-order valence-electron chi connectivity index (χ3n) is 3.47. The van der Waals surface area contributed by atoms with Gasteiger partial charge in [0.2, 0.25) is 0 Å². The summed E-state index contributed by atoms with van der Waals surface area (Å²) in [4.78, 5) is 4.55. The fourth-order valence-electron chi connectivity index (χ4n) is 2.52. The second-order valence-corrected chi connectivity index (χ2v) is 4.95. The number of rotatable bonds is 1. The summed E-state index contributed by atoms with van der Waals surface area (Å²) in [6.45, 7) is 3.37. The lowest BCUT2D eigenvalue weighted by Gasteiger charge is -2.22. The van der Waals surface area contributed by atoms with Gasteiger partial charge < -0.3 is 10.3 Å². The van der Waals surface area contributed by atoms with Gasteiger partial charge in [-0.3, -0.25) is 0 Å². The van der Waals surface area contributed by atoms with E-state index in [9.17, 15) is 0 Å². The fraction of sp³-hybridized carbons (Fsp3) is 0.357. The summed E-state index contributed by atoms with van der Waals surface area (Å²) >= 11 is 0. The Kier molecular flexibility index (Phi) is 2.39. The zero-order chi connectivity index (χ0) is 11.8. The van der Waals surface area contributed by atoms with E-state index in [2.05, 4.69) is 22.5 Å². The number of hydrogen-bond donors (Lipinski definition) is 1. The number of fused-ring (bicyclic) bond motifs is 1. The van der Waals surface area contributed by atoms with Gasteiger partial charge >= 0.3 is 0 Å². The average molecular weight is 227 g/mol. The van der Waals surface area contributed by atoms with Gasteiger partial charge in [0.15, 0.2) is 0 Å². The Morgan fingerprint density at radius 1 is 1.41 bits per heavy atom. The summed E-state index contributed by atoms with van der Waals surface area (Å²) in [5.74, 6) is 1.79. The molecule has 88 valence electrons. The average Bonchev–Trinajstić information content (AvgIpc) is 2.71. The molecule has 1 aliphatic heterocycles. The van der Waals surface area contributed by atoms with E-state index in [1.165, 1.54) is 12.1 Å². The number of hydrogen-bond acceptors (Lipinski definition) is 2. The van der Waals surface area contributed by atoms with Crippen molar-refractivity contribution in [2.75, 3.05) is 5.73 Å². The number of aromatic nitrogens is 2. The molecule has 0 spiro atoms. The largest absolute Gasteiger partial charge is 0.399 e. The summed E-state index contributed by atoms with van der Waals surface area (Å²) in [7, 11) is 0. The molecule has 1 atom stereocenters. The van der Waals surface area contributed by atoms with Crippen molar-refractivity contribution in [3.05, 3.63) is 36.2 Å². The third-order valence-corrected chi connectivity index (χ3v) is 3.47. The Labute approximate surface area is 101 Å². The molecule has 0 aliphatic carbocycles. The first-order valence-electron chi connectivity index (χ1n) is 6.14. The highest BCUT2D eigenvalue weighted by Crippen LogP contribution is 2.27. The minimum atomic E-state index is 0.733. The molecule has 2 heterocycles. The predicted octanol–water partition coefficient (Wildman–Crippen LogP) is 2.71. The number of anilines is 1. The van der Waals surface area contributed by atoms with E-state index in [1.807, 2.05) is 24.4 Å². The highest BCUT2D eigenvalue weighted by Gasteiger charge is 2.19. The number of benzene rings is 1. The van der Waals surface area contributed by atoms with Crippen LogP contribution in [-0.4, -0.2) is 9.55 Å². The zero-order valence-electron chi connectivity index (χ0n) is 10.1. The monoisotopic (exact) mass is 227 g/mol. The van der Waals surface area contributed by atoms with Gasteiger partial charge in [0.05, 0.1) is 0 Å². The van der Waals surface area contributed by atoms with E-state index >= 15 is 0 Å². The summed E-state index contributed by atoms with van der Waals surface area (Å²) in [5.41, 5.74) is 9.09. The Morgan fingerprint density at radius 2 is 2.29 bits per heavy atom. The van der Waals surface area contributed by atoms with E-state index in [0.717, 1.165) is 36.0 Å². The van der Waals surface area contributed by atoms with Crippen LogP contribution in [0.1, 0.15) is 19.0 Å². The molecular formula is C14H17N3. The zero-order valence-corrected chi connectivity index (χ0v) is 10.1. The first kappa shape index (κ1) is 10.4. The van der Waals surface area contributed by atoms with Crippen LogP contribution in [0.3, 0.4) is 0 Å². The number of nitrogens with zero attached hydrogens (tertiary/aromatic N) is 2. The summed E-state index contributed by atoms with van der Waals surface area (Å²) in [5, 5.41) is 0. The Morgan fingerprint density at radius 3 is 3.12 bits per heavy atom. The maximum atomic E-state index is 5.83. The summed E-state index contributed by atoms with van der Waals surface area (Å²) in [6.07, 6.45) is 4.41. The molecule has 0 fully saturated rings. The second kappa shape index (κ2) is 3.91. The van der Waals surface area contributed by atoms with Gasteiger partial charge in [-0.2, -0.15) is 0 Å². The van der Waals surface area contributed by atoms with Crippen molar-refractivity contribution >= 4 is 5.69 Å². The third kappa shape index (κ3) is 1.82. The number of imidazole rings is 1. The van der Waals surface area contributed by atoms with Crippen LogP contribution in [0.2, 0.25) is 0 Å². The van der Waals surface area contributed by atoms with Crippen LogP contribution < -0.4 is 5.73 Å². The Bertz CT molecular complexity index is 542. The van der Waals surface area contributed by atoms with Crippen molar-refractivity contribution in [3.63, 3.8) is 0 Å². The van der Waals surface area contributed by atoms with Crippen LogP contribution in [0.25, 0.3) is 11.4 Å². The molecule has 2 aromatic rings. The maximum Gasteiger partial charge on any atom is 0.140 e.